The maximum absolute atomic E-state index is 11.2. The normalized spacial score (nSPS) is 15.7. The SMILES string of the molecule is O=C1C=C([n+]2ccccc2)CCC1.[Cl-]. The first-order valence-corrected chi connectivity index (χ1v) is 4.56. The van der Waals surface area contributed by atoms with Crippen molar-refractivity contribution in [2.75, 3.05) is 0 Å². The summed E-state index contributed by atoms with van der Waals surface area (Å²) in [5, 5.41) is 0. The van der Waals surface area contributed by atoms with Crippen LogP contribution in [0.4, 0.5) is 0 Å². The minimum atomic E-state index is 0. The van der Waals surface area contributed by atoms with Crippen LogP contribution in [0, 0.1) is 0 Å². The van der Waals surface area contributed by atoms with Gasteiger partial charge in [0.1, 0.15) is 0 Å². The van der Waals surface area contributed by atoms with E-state index in [-0.39, 0.29) is 18.2 Å². The first kappa shape index (κ1) is 10.9. The Balaban J connectivity index is 0.000000980. The number of aromatic nitrogens is 1. The topological polar surface area (TPSA) is 20.9 Å². The molecule has 0 amide bonds. The van der Waals surface area contributed by atoms with Crippen molar-refractivity contribution >= 4 is 11.5 Å². The predicted molar refractivity (Wildman–Crippen MR) is 49.8 cm³/mol. The van der Waals surface area contributed by atoms with Gasteiger partial charge in [0.05, 0.1) is 0 Å². The Hall–Kier alpha value is -1.15. The first-order valence-electron chi connectivity index (χ1n) is 4.56. The molecule has 0 saturated carbocycles. The second-order valence-corrected chi connectivity index (χ2v) is 3.24. The van der Waals surface area contributed by atoms with Gasteiger partial charge in [-0.3, -0.25) is 4.79 Å². The summed E-state index contributed by atoms with van der Waals surface area (Å²) in [7, 11) is 0. The van der Waals surface area contributed by atoms with E-state index in [1.807, 2.05) is 35.2 Å². The number of hydrogen-bond acceptors (Lipinski definition) is 1. The summed E-state index contributed by atoms with van der Waals surface area (Å²) in [6.07, 6.45) is 8.39. The Labute approximate surface area is 89.7 Å². The number of allylic oxidation sites excluding steroid dienone is 2. The molecule has 2 nitrogen and oxygen atoms in total. The number of hydrogen-bond donors (Lipinski definition) is 0. The van der Waals surface area contributed by atoms with Crippen LogP contribution in [0.1, 0.15) is 19.3 Å². The van der Waals surface area contributed by atoms with Crippen LogP contribution in [0.25, 0.3) is 5.70 Å². The molecule has 1 aliphatic carbocycles. The fourth-order valence-corrected chi connectivity index (χ4v) is 1.57. The molecule has 14 heavy (non-hydrogen) atoms. The molecule has 0 fully saturated rings. The molecule has 74 valence electrons. The molecule has 0 bridgehead atoms. The summed E-state index contributed by atoms with van der Waals surface area (Å²) in [6.45, 7) is 0. The van der Waals surface area contributed by atoms with Gasteiger partial charge in [-0.25, -0.2) is 0 Å². The van der Waals surface area contributed by atoms with Crippen LogP contribution in [0.15, 0.2) is 36.7 Å². The van der Waals surface area contributed by atoms with E-state index in [0.29, 0.717) is 6.42 Å². The Morgan fingerprint density at radius 3 is 2.43 bits per heavy atom. The third-order valence-electron chi connectivity index (χ3n) is 2.23. The number of carbonyl (C=O) groups excluding carboxylic acids is 1. The second-order valence-electron chi connectivity index (χ2n) is 3.24. The van der Waals surface area contributed by atoms with Crippen LogP contribution in [0.3, 0.4) is 0 Å². The molecule has 0 N–H and O–H groups in total. The number of pyridine rings is 1. The van der Waals surface area contributed by atoms with Gasteiger partial charge in [0.2, 0.25) is 0 Å². The standard InChI is InChI=1S/C11H12NO.ClH/c13-11-6-4-5-10(9-11)12-7-2-1-3-8-12;/h1-3,7-9H,4-6H2;1H/q+1;/p-1. The Bertz CT molecular complexity index is 346. The molecule has 0 spiro atoms. The first-order chi connectivity index (χ1) is 6.36. The molecule has 0 saturated heterocycles. The quantitative estimate of drug-likeness (QED) is 0.520. The van der Waals surface area contributed by atoms with Crippen molar-refractivity contribution in [2.45, 2.75) is 19.3 Å². The lowest BCUT2D eigenvalue weighted by atomic mass is 10.0. The lowest BCUT2D eigenvalue weighted by Crippen LogP contribution is -3.00. The number of nitrogens with zero attached hydrogens (tertiary/aromatic N) is 1. The summed E-state index contributed by atoms with van der Waals surface area (Å²) < 4.78 is 2.01. The minimum Gasteiger partial charge on any atom is -1.00 e. The second kappa shape index (κ2) is 4.91. The molecule has 0 unspecified atom stereocenters. The lowest BCUT2D eigenvalue weighted by Gasteiger charge is -2.05. The predicted octanol–water partition coefficient (Wildman–Crippen LogP) is -1.43. The third-order valence-corrected chi connectivity index (χ3v) is 2.23. The third kappa shape index (κ3) is 2.42. The monoisotopic (exact) mass is 209 g/mol. The van der Waals surface area contributed by atoms with Gasteiger partial charge in [0, 0.05) is 31.1 Å². The largest absolute Gasteiger partial charge is 1.00 e. The molecule has 0 aliphatic heterocycles. The van der Waals surface area contributed by atoms with Gasteiger partial charge < -0.3 is 12.4 Å². The number of carbonyl (C=O) groups is 1. The molecule has 1 aromatic heterocycles. The van der Waals surface area contributed by atoms with Crippen LogP contribution >= 0.6 is 0 Å². The fraction of sp³-hybridized carbons (Fsp3) is 0.273. The highest BCUT2D eigenvalue weighted by Gasteiger charge is 2.16. The van der Waals surface area contributed by atoms with E-state index in [2.05, 4.69) is 0 Å². The Morgan fingerprint density at radius 1 is 1.07 bits per heavy atom. The molecule has 1 heterocycles. The Morgan fingerprint density at radius 2 is 1.79 bits per heavy atom. The maximum Gasteiger partial charge on any atom is 0.190 e. The molecule has 3 heteroatoms. The van der Waals surface area contributed by atoms with Crippen molar-refractivity contribution in [3.05, 3.63) is 36.7 Å². The molecular formula is C11H12ClNO. The molecule has 2 rings (SSSR count). The van der Waals surface area contributed by atoms with Gasteiger partial charge in [0.15, 0.2) is 23.9 Å². The average Bonchev–Trinajstić information content (AvgIpc) is 2.19. The van der Waals surface area contributed by atoms with Crippen molar-refractivity contribution in [3.63, 3.8) is 0 Å². The van der Waals surface area contributed by atoms with Crippen LogP contribution in [-0.2, 0) is 4.79 Å². The number of ketones is 1. The van der Waals surface area contributed by atoms with E-state index >= 15 is 0 Å². The van der Waals surface area contributed by atoms with Crippen molar-refractivity contribution < 1.29 is 21.8 Å². The zero-order chi connectivity index (χ0) is 9.10. The van der Waals surface area contributed by atoms with Gasteiger partial charge in [-0.05, 0) is 6.42 Å². The molecule has 1 aromatic rings. The lowest BCUT2D eigenvalue weighted by molar-refractivity contribution is -0.583. The molecular weight excluding hydrogens is 198 g/mol. The van der Waals surface area contributed by atoms with Crippen molar-refractivity contribution in [2.24, 2.45) is 0 Å². The van der Waals surface area contributed by atoms with E-state index in [1.165, 1.54) is 0 Å². The molecule has 1 aliphatic rings. The van der Waals surface area contributed by atoms with Crippen LogP contribution in [0.2, 0.25) is 0 Å². The van der Waals surface area contributed by atoms with Crippen LogP contribution < -0.4 is 17.0 Å². The zero-order valence-electron chi connectivity index (χ0n) is 7.82. The van der Waals surface area contributed by atoms with Gasteiger partial charge in [-0.15, -0.1) is 0 Å². The van der Waals surface area contributed by atoms with E-state index in [9.17, 15) is 4.79 Å². The van der Waals surface area contributed by atoms with E-state index in [4.69, 9.17) is 0 Å². The van der Waals surface area contributed by atoms with E-state index in [0.717, 1.165) is 18.5 Å². The van der Waals surface area contributed by atoms with Gasteiger partial charge in [0.25, 0.3) is 0 Å². The van der Waals surface area contributed by atoms with Gasteiger partial charge in [-0.1, -0.05) is 6.07 Å². The van der Waals surface area contributed by atoms with E-state index in [1.54, 1.807) is 6.08 Å². The summed E-state index contributed by atoms with van der Waals surface area (Å²) in [5.74, 6) is 0.248. The summed E-state index contributed by atoms with van der Waals surface area (Å²) >= 11 is 0. The van der Waals surface area contributed by atoms with Gasteiger partial charge in [-0.2, -0.15) is 4.57 Å². The highest BCUT2D eigenvalue weighted by atomic mass is 35.5. The number of halogens is 1. The summed E-state index contributed by atoms with van der Waals surface area (Å²) in [6, 6.07) is 5.92. The summed E-state index contributed by atoms with van der Waals surface area (Å²) in [5.41, 5.74) is 1.11. The fourth-order valence-electron chi connectivity index (χ4n) is 1.57. The molecule has 0 radical (unpaired) electrons. The Kier molecular flexibility index (Phi) is 3.84. The average molecular weight is 210 g/mol. The van der Waals surface area contributed by atoms with Crippen LogP contribution in [0.5, 0.6) is 0 Å². The highest BCUT2D eigenvalue weighted by Crippen LogP contribution is 2.13. The zero-order valence-corrected chi connectivity index (χ0v) is 8.57. The number of rotatable bonds is 1. The van der Waals surface area contributed by atoms with Gasteiger partial charge >= 0.3 is 0 Å². The maximum atomic E-state index is 11.2. The summed E-state index contributed by atoms with van der Waals surface area (Å²) in [4.78, 5) is 11.2. The van der Waals surface area contributed by atoms with Crippen LogP contribution in [-0.4, -0.2) is 5.78 Å². The molecule has 0 aromatic carbocycles. The van der Waals surface area contributed by atoms with Crippen molar-refractivity contribution in [3.8, 4) is 0 Å². The molecule has 0 atom stereocenters. The van der Waals surface area contributed by atoms with Crippen molar-refractivity contribution in [1.29, 1.82) is 0 Å². The van der Waals surface area contributed by atoms with Crippen molar-refractivity contribution in [1.82, 2.24) is 0 Å². The highest BCUT2D eigenvalue weighted by molar-refractivity contribution is 5.94. The smallest absolute Gasteiger partial charge is 0.190 e. The minimum absolute atomic E-state index is 0. The van der Waals surface area contributed by atoms with E-state index < -0.39 is 0 Å².